The molecule has 0 aliphatic heterocycles. The van der Waals surface area contributed by atoms with E-state index < -0.39 is 0 Å². The molecular formula is C6H13BrFN. The maximum absolute atomic E-state index is 11.7. The Morgan fingerprint density at radius 3 is 2.44 bits per heavy atom. The second-order valence-electron chi connectivity index (χ2n) is 1.81. The van der Waals surface area contributed by atoms with Gasteiger partial charge in [0.25, 0.3) is 0 Å². The number of hydrogen-bond donors (Lipinski definition) is 0. The average Bonchev–Trinajstić information content (AvgIpc) is 1.88. The molecule has 56 valence electrons. The molecule has 0 N–H and O–H groups in total. The Labute approximate surface area is 64.4 Å². The van der Waals surface area contributed by atoms with Crippen molar-refractivity contribution in [2.45, 2.75) is 6.92 Å². The van der Waals surface area contributed by atoms with Crippen LogP contribution in [0.4, 0.5) is 4.39 Å². The first-order valence-corrected chi connectivity index (χ1v) is 4.31. The monoisotopic (exact) mass is 197 g/mol. The lowest BCUT2D eigenvalue weighted by Gasteiger charge is -2.15. The van der Waals surface area contributed by atoms with Gasteiger partial charge in [-0.3, -0.25) is 0 Å². The molecule has 0 radical (unpaired) electrons. The number of hydrogen-bond acceptors (Lipinski definition) is 1. The summed E-state index contributed by atoms with van der Waals surface area (Å²) in [5.41, 5.74) is 0. The minimum absolute atomic E-state index is 0.235. The van der Waals surface area contributed by atoms with Gasteiger partial charge in [0.1, 0.15) is 6.67 Å². The maximum Gasteiger partial charge on any atom is 0.102 e. The predicted octanol–water partition coefficient (Wildman–Crippen LogP) is 1.67. The molecule has 0 amide bonds. The molecule has 0 aliphatic rings. The van der Waals surface area contributed by atoms with Crippen molar-refractivity contribution in [3.8, 4) is 0 Å². The molecule has 0 aromatic carbocycles. The summed E-state index contributed by atoms with van der Waals surface area (Å²) in [6, 6.07) is 0. The molecule has 0 aromatic heterocycles. The Hall–Kier alpha value is 0.370. The highest BCUT2D eigenvalue weighted by Crippen LogP contribution is 1.89. The van der Waals surface area contributed by atoms with Crippen molar-refractivity contribution in [3.05, 3.63) is 0 Å². The summed E-state index contributed by atoms with van der Waals surface area (Å²) >= 11 is 3.30. The third-order valence-corrected chi connectivity index (χ3v) is 1.60. The SMILES string of the molecule is CCN(CCF)CCBr. The van der Waals surface area contributed by atoms with Gasteiger partial charge in [0.05, 0.1) is 0 Å². The fraction of sp³-hybridized carbons (Fsp3) is 1.00. The molecule has 0 saturated heterocycles. The van der Waals surface area contributed by atoms with Crippen molar-refractivity contribution < 1.29 is 4.39 Å². The standard InChI is InChI=1S/C6H13BrFN/c1-2-9(5-3-7)6-4-8/h2-6H2,1H3. The van der Waals surface area contributed by atoms with Gasteiger partial charge < -0.3 is 4.90 Å². The minimum atomic E-state index is -0.235. The van der Waals surface area contributed by atoms with Crippen molar-refractivity contribution in [3.63, 3.8) is 0 Å². The van der Waals surface area contributed by atoms with Crippen molar-refractivity contribution >= 4 is 15.9 Å². The van der Waals surface area contributed by atoms with Crippen LogP contribution in [-0.4, -0.2) is 36.5 Å². The topological polar surface area (TPSA) is 3.24 Å². The molecule has 0 aromatic rings. The van der Waals surface area contributed by atoms with Gasteiger partial charge >= 0.3 is 0 Å². The van der Waals surface area contributed by atoms with E-state index in [-0.39, 0.29) is 6.67 Å². The summed E-state index contributed by atoms with van der Waals surface area (Å²) in [4.78, 5) is 2.06. The minimum Gasteiger partial charge on any atom is -0.300 e. The Balaban J connectivity index is 3.18. The summed E-state index contributed by atoms with van der Waals surface area (Å²) in [5.74, 6) is 0. The van der Waals surface area contributed by atoms with Crippen LogP contribution in [0.2, 0.25) is 0 Å². The van der Waals surface area contributed by atoms with Gasteiger partial charge in [-0.25, -0.2) is 4.39 Å². The van der Waals surface area contributed by atoms with E-state index in [1.807, 2.05) is 6.92 Å². The number of rotatable bonds is 5. The smallest absolute Gasteiger partial charge is 0.102 e. The van der Waals surface area contributed by atoms with Crippen molar-refractivity contribution in [2.24, 2.45) is 0 Å². The lowest BCUT2D eigenvalue weighted by molar-refractivity contribution is 0.274. The van der Waals surface area contributed by atoms with E-state index in [4.69, 9.17) is 0 Å². The van der Waals surface area contributed by atoms with Gasteiger partial charge in [-0.15, -0.1) is 0 Å². The van der Waals surface area contributed by atoms with Crippen LogP contribution in [-0.2, 0) is 0 Å². The molecular weight excluding hydrogens is 185 g/mol. The average molecular weight is 198 g/mol. The molecule has 0 saturated carbocycles. The molecule has 0 bridgehead atoms. The fourth-order valence-corrected chi connectivity index (χ4v) is 1.17. The molecule has 0 rings (SSSR count). The molecule has 0 heterocycles. The van der Waals surface area contributed by atoms with E-state index in [0.717, 1.165) is 18.4 Å². The van der Waals surface area contributed by atoms with Gasteiger partial charge in [0.2, 0.25) is 0 Å². The molecule has 0 unspecified atom stereocenters. The zero-order chi connectivity index (χ0) is 7.11. The molecule has 0 aliphatic carbocycles. The van der Waals surface area contributed by atoms with Crippen LogP contribution in [0.5, 0.6) is 0 Å². The summed E-state index contributed by atoms with van der Waals surface area (Å²) in [5, 5.41) is 0.931. The van der Waals surface area contributed by atoms with E-state index in [2.05, 4.69) is 20.8 Å². The third-order valence-electron chi connectivity index (χ3n) is 1.25. The van der Waals surface area contributed by atoms with Crippen LogP contribution in [0.3, 0.4) is 0 Å². The van der Waals surface area contributed by atoms with Gasteiger partial charge in [-0.1, -0.05) is 22.9 Å². The lowest BCUT2D eigenvalue weighted by Crippen LogP contribution is -2.27. The molecule has 0 atom stereocenters. The summed E-state index contributed by atoms with van der Waals surface area (Å²) in [6.45, 7) is 4.26. The molecule has 1 nitrogen and oxygen atoms in total. The van der Waals surface area contributed by atoms with E-state index in [1.165, 1.54) is 0 Å². The zero-order valence-electron chi connectivity index (χ0n) is 5.74. The Bertz CT molecular complexity index is 55.0. The largest absolute Gasteiger partial charge is 0.300 e. The van der Waals surface area contributed by atoms with E-state index in [1.54, 1.807) is 0 Å². The Morgan fingerprint density at radius 2 is 2.11 bits per heavy atom. The first-order chi connectivity index (χ1) is 4.35. The van der Waals surface area contributed by atoms with E-state index in [0.29, 0.717) is 6.54 Å². The molecule has 3 heteroatoms. The first-order valence-electron chi connectivity index (χ1n) is 3.19. The highest BCUT2D eigenvalue weighted by molar-refractivity contribution is 9.09. The highest BCUT2D eigenvalue weighted by atomic mass is 79.9. The Kier molecular flexibility index (Phi) is 6.76. The molecule has 0 fully saturated rings. The first kappa shape index (κ1) is 9.37. The van der Waals surface area contributed by atoms with E-state index in [9.17, 15) is 4.39 Å². The summed E-state index contributed by atoms with van der Waals surface area (Å²) < 4.78 is 11.7. The summed E-state index contributed by atoms with van der Waals surface area (Å²) in [6.07, 6.45) is 0. The fourth-order valence-electron chi connectivity index (χ4n) is 0.667. The summed E-state index contributed by atoms with van der Waals surface area (Å²) in [7, 11) is 0. The quantitative estimate of drug-likeness (QED) is 0.607. The van der Waals surface area contributed by atoms with Crippen molar-refractivity contribution in [1.29, 1.82) is 0 Å². The van der Waals surface area contributed by atoms with E-state index >= 15 is 0 Å². The van der Waals surface area contributed by atoms with Crippen LogP contribution in [0.25, 0.3) is 0 Å². The second-order valence-corrected chi connectivity index (χ2v) is 2.61. The second kappa shape index (κ2) is 6.49. The van der Waals surface area contributed by atoms with Crippen LogP contribution < -0.4 is 0 Å². The van der Waals surface area contributed by atoms with Crippen LogP contribution in [0.15, 0.2) is 0 Å². The highest BCUT2D eigenvalue weighted by Gasteiger charge is 1.97. The normalized spacial score (nSPS) is 10.7. The van der Waals surface area contributed by atoms with Crippen molar-refractivity contribution in [1.82, 2.24) is 4.90 Å². The molecule has 9 heavy (non-hydrogen) atoms. The number of halogens is 2. The maximum atomic E-state index is 11.7. The van der Waals surface area contributed by atoms with Crippen LogP contribution in [0.1, 0.15) is 6.92 Å². The van der Waals surface area contributed by atoms with Crippen molar-refractivity contribution in [2.75, 3.05) is 31.6 Å². The molecule has 0 spiro atoms. The third kappa shape index (κ3) is 4.85. The van der Waals surface area contributed by atoms with Gasteiger partial charge in [0, 0.05) is 18.4 Å². The van der Waals surface area contributed by atoms with Crippen LogP contribution >= 0.6 is 15.9 Å². The Morgan fingerprint density at radius 1 is 1.44 bits per heavy atom. The lowest BCUT2D eigenvalue weighted by atomic mass is 10.5. The number of nitrogens with zero attached hydrogens (tertiary/aromatic N) is 1. The van der Waals surface area contributed by atoms with Gasteiger partial charge in [-0.05, 0) is 6.54 Å². The van der Waals surface area contributed by atoms with Crippen LogP contribution in [0, 0.1) is 0 Å². The number of alkyl halides is 2. The van der Waals surface area contributed by atoms with Gasteiger partial charge in [-0.2, -0.15) is 0 Å². The van der Waals surface area contributed by atoms with Gasteiger partial charge in [0.15, 0.2) is 0 Å². The zero-order valence-corrected chi connectivity index (χ0v) is 7.32. The predicted molar refractivity (Wildman–Crippen MR) is 41.9 cm³/mol.